The second-order valence-electron chi connectivity index (χ2n) is 9.25. The van der Waals surface area contributed by atoms with Crippen molar-refractivity contribution in [1.29, 1.82) is 0 Å². The van der Waals surface area contributed by atoms with Crippen molar-refractivity contribution in [3.63, 3.8) is 0 Å². The molecule has 0 aromatic rings. The van der Waals surface area contributed by atoms with Crippen LogP contribution in [0.25, 0.3) is 0 Å². The zero-order chi connectivity index (χ0) is 18.2. The van der Waals surface area contributed by atoms with Gasteiger partial charge in [0.15, 0.2) is 5.78 Å². The summed E-state index contributed by atoms with van der Waals surface area (Å²) < 4.78 is 5.31. The second-order valence-corrected chi connectivity index (χ2v) is 9.25. The number of nitrogens with zero attached hydrogens (tertiary/aromatic N) is 1. The largest absolute Gasteiger partial charge is 0.444 e. The van der Waals surface area contributed by atoms with E-state index in [2.05, 4.69) is 31.0 Å². The fraction of sp³-hybridized carbons (Fsp3) is 0.895. The van der Waals surface area contributed by atoms with Crippen molar-refractivity contribution in [2.75, 3.05) is 13.1 Å². The van der Waals surface area contributed by atoms with Gasteiger partial charge >= 0.3 is 6.09 Å². The van der Waals surface area contributed by atoms with Gasteiger partial charge in [0.2, 0.25) is 0 Å². The number of alkyl carbamates (subject to hydrolysis) is 1. The summed E-state index contributed by atoms with van der Waals surface area (Å²) in [5, 5.41) is 2.84. The van der Waals surface area contributed by atoms with E-state index in [1.165, 1.54) is 0 Å². The van der Waals surface area contributed by atoms with Crippen molar-refractivity contribution >= 4 is 11.9 Å². The van der Waals surface area contributed by atoms with Crippen LogP contribution in [0.15, 0.2) is 0 Å². The molecule has 0 aromatic carbocycles. The highest BCUT2D eigenvalue weighted by molar-refractivity contribution is 5.94. The monoisotopic (exact) mass is 338 g/mol. The first-order valence-corrected chi connectivity index (χ1v) is 9.23. The molecule has 2 fully saturated rings. The lowest BCUT2D eigenvalue weighted by Gasteiger charge is -2.41. The van der Waals surface area contributed by atoms with Crippen LogP contribution in [0.3, 0.4) is 0 Å². The number of nitrogens with one attached hydrogen (secondary N) is 1. The minimum atomic E-state index is -0.666. The summed E-state index contributed by atoms with van der Waals surface area (Å²) >= 11 is 0. The molecule has 1 aliphatic carbocycles. The van der Waals surface area contributed by atoms with Gasteiger partial charge in [0.1, 0.15) is 11.1 Å². The number of hydrogen-bond acceptors (Lipinski definition) is 4. The van der Waals surface area contributed by atoms with Crippen LogP contribution in [0, 0.1) is 5.41 Å². The van der Waals surface area contributed by atoms with E-state index in [-0.39, 0.29) is 11.2 Å². The number of carbonyl (C=O) groups is 2. The Labute approximate surface area is 146 Å². The summed E-state index contributed by atoms with van der Waals surface area (Å²) in [6.45, 7) is 14.2. The third-order valence-electron chi connectivity index (χ3n) is 5.35. The molecule has 0 unspecified atom stereocenters. The average Bonchev–Trinajstić information content (AvgIpc) is 3.17. The topological polar surface area (TPSA) is 58.6 Å². The number of Topliss-reactive ketones (excluding diaryl/α,β-unsaturated/α-hetero) is 1. The number of ether oxygens (including phenoxy) is 1. The average molecular weight is 338 g/mol. The minimum Gasteiger partial charge on any atom is -0.444 e. The summed E-state index contributed by atoms with van der Waals surface area (Å²) in [4.78, 5) is 27.3. The Hall–Kier alpha value is -1.10. The maximum Gasteiger partial charge on any atom is 0.408 e. The zero-order valence-electron chi connectivity index (χ0n) is 16.2. The SMILES string of the molecule is CC(C)N1CCC(C)(CC(=O)C2(NC(=O)OC(C)(C)C)CC2)CC1. The van der Waals surface area contributed by atoms with E-state index in [4.69, 9.17) is 4.74 Å². The molecule has 1 heterocycles. The van der Waals surface area contributed by atoms with Crippen LogP contribution in [-0.4, -0.2) is 47.0 Å². The van der Waals surface area contributed by atoms with Crippen molar-refractivity contribution in [2.24, 2.45) is 5.41 Å². The van der Waals surface area contributed by atoms with Gasteiger partial charge < -0.3 is 15.0 Å². The number of ketones is 1. The fourth-order valence-corrected chi connectivity index (χ4v) is 3.41. The molecule has 1 saturated heterocycles. The molecule has 2 rings (SSSR count). The predicted octanol–water partition coefficient (Wildman–Crippen LogP) is 3.51. The molecule has 24 heavy (non-hydrogen) atoms. The molecule has 0 bridgehead atoms. The highest BCUT2D eigenvalue weighted by Gasteiger charge is 2.52. The van der Waals surface area contributed by atoms with Gasteiger partial charge in [-0.05, 0) is 78.8 Å². The third kappa shape index (κ3) is 4.95. The Bertz CT molecular complexity index is 481. The van der Waals surface area contributed by atoms with Crippen molar-refractivity contribution in [2.45, 2.75) is 90.8 Å². The highest BCUT2D eigenvalue weighted by Crippen LogP contribution is 2.43. The Morgan fingerprint density at radius 2 is 1.67 bits per heavy atom. The number of hydrogen-bond donors (Lipinski definition) is 1. The van der Waals surface area contributed by atoms with Crippen molar-refractivity contribution in [3.05, 3.63) is 0 Å². The van der Waals surface area contributed by atoms with Gasteiger partial charge in [-0.3, -0.25) is 4.79 Å². The third-order valence-corrected chi connectivity index (χ3v) is 5.35. The number of carbonyl (C=O) groups excluding carboxylic acids is 2. The van der Waals surface area contributed by atoms with Gasteiger partial charge in [-0.1, -0.05) is 6.92 Å². The normalized spacial score (nSPS) is 23.0. The maximum absolute atomic E-state index is 12.8. The van der Waals surface area contributed by atoms with Crippen LogP contribution in [0.4, 0.5) is 4.79 Å². The second kappa shape index (κ2) is 6.66. The smallest absolute Gasteiger partial charge is 0.408 e. The lowest BCUT2D eigenvalue weighted by molar-refractivity contribution is -0.125. The first-order valence-electron chi connectivity index (χ1n) is 9.23. The van der Waals surface area contributed by atoms with E-state index in [9.17, 15) is 9.59 Å². The molecular weight excluding hydrogens is 304 g/mol. The first-order chi connectivity index (χ1) is 10.9. The summed E-state index contributed by atoms with van der Waals surface area (Å²) in [6, 6.07) is 0.564. The molecule has 0 spiro atoms. The summed E-state index contributed by atoms with van der Waals surface area (Å²) in [5.41, 5.74) is -1.16. The van der Waals surface area contributed by atoms with Crippen LogP contribution in [0.1, 0.15) is 73.6 Å². The molecule has 0 atom stereocenters. The van der Waals surface area contributed by atoms with Crippen molar-refractivity contribution in [1.82, 2.24) is 10.2 Å². The molecule has 5 heteroatoms. The quantitative estimate of drug-likeness (QED) is 0.833. The maximum atomic E-state index is 12.8. The molecule has 1 aliphatic heterocycles. The Balaban J connectivity index is 1.89. The fourth-order valence-electron chi connectivity index (χ4n) is 3.41. The Morgan fingerprint density at radius 3 is 2.08 bits per heavy atom. The summed E-state index contributed by atoms with van der Waals surface area (Å²) in [5.74, 6) is 0.175. The van der Waals surface area contributed by atoms with Crippen molar-refractivity contribution in [3.8, 4) is 0 Å². The van der Waals surface area contributed by atoms with E-state index in [0.29, 0.717) is 12.5 Å². The van der Waals surface area contributed by atoms with Crippen LogP contribution < -0.4 is 5.32 Å². The van der Waals surface area contributed by atoms with Crippen LogP contribution in [0.2, 0.25) is 0 Å². The molecule has 1 amide bonds. The van der Waals surface area contributed by atoms with E-state index in [0.717, 1.165) is 38.8 Å². The number of piperidine rings is 1. The molecule has 5 nitrogen and oxygen atoms in total. The lowest BCUT2D eigenvalue weighted by atomic mass is 9.75. The van der Waals surface area contributed by atoms with Gasteiger partial charge in [0.05, 0.1) is 0 Å². The Morgan fingerprint density at radius 1 is 1.12 bits per heavy atom. The molecule has 2 aliphatic rings. The number of rotatable bonds is 5. The van der Waals surface area contributed by atoms with E-state index >= 15 is 0 Å². The van der Waals surface area contributed by atoms with Gasteiger partial charge in [0.25, 0.3) is 0 Å². The lowest BCUT2D eigenvalue weighted by Crippen LogP contribution is -2.48. The number of likely N-dealkylation sites (tertiary alicyclic amines) is 1. The molecule has 1 N–H and O–H groups in total. The van der Waals surface area contributed by atoms with E-state index < -0.39 is 17.2 Å². The van der Waals surface area contributed by atoms with Gasteiger partial charge in [-0.15, -0.1) is 0 Å². The molecular formula is C19H34N2O3. The summed E-state index contributed by atoms with van der Waals surface area (Å²) in [6.07, 6.45) is 3.62. The van der Waals surface area contributed by atoms with E-state index in [1.54, 1.807) is 0 Å². The van der Waals surface area contributed by atoms with E-state index in [1.807, 2.05) is 20.8 Å². The zero-order valence-corrected chi connectivity index (χ0v) is 16.2. The van der Waals surface area contributed by atoms with Crippen LogP contribution in [0.5, 0.6) is 0 Å². The molecule has 1 saturated carbocycles. The van der Waals surface area contributed by atoms with Gasteiger partial charge in [0, 0.05) is 12.5 Å². The standard InChI is InChI=1S/C19H34N2O3/c1-14(2)21-11-9-18(6,10-12-21)13-15(22)19(7-8-19)20-16(23)24-17(3,4)5/h14H,7-13H2,1-6H3,(H,20,23). The van der Waals surface area contributed by atoms with Crippen LogP contribution in [-0.2, 0) is 9.53 Å². The number of amides is 1. The summed E-state index contributed by atoms with van der Waals surface area (Å²) in [7, 11) is 0. The van der Waals surface area contributed by atoms with Crippen molar-refractivity contribution < 1.29 is 14.3 Å². The highest BCUT2D eigenvalue weighted by atomic mass is 16.6. The minimum absolute atomic E-state index is 0.0493. The predicted molar refractivity (Wildman–Crippen MR) is 95.0 cm³/mol. The van der Waals surface area contributed by atoms with Crippen LogP contribution >= 0.6 is 0 Å². The molecule has 0 radical (unpaired) electrons. The molecule has 138 valence electrons. The van der Waals surface area contributed by atoms with Gasteiger partial charge in [-0.2, -0.15) is 0 Å². The Kier molecular flexibility index (Phi) is 5.34. The molecule has 0 aromatic heterocycles. The first kappa shape index (κ1) is 19.2. The van der Waals surface area contributed by atoms with Gasteiger partial charge in [-0.25, -0.2) is 4.79 Å².